The van der Waals surface area contributed by atoms with Gasteiger partial charge in [-0.15, -0.1) is 0 Å². The van der Waals surface area contributed by atoms with Gasteiger partial charge >= 0.3 is 0 Å². The second kappa shape index (κ2) is 3.30. The molecule has 15 heavy (non-hydrogen) atoms. The monoisotopic (exact) mass is 311 g/mol. The highest BCUT2D eigenvalue weighted by Gasteiger charge is 2.07. The molecule has 3 rings (SSSR count). The van der Waals surface area contributed by atoms with Gasteiger partial charge in [-0.2, -0.15) is 10.2 Å². The van der Waals surface area contributed by atoms with Crippen molar-refractivity contribution in [1.82, 2.24) is 24.4 Å². The lowest BCUT2D eigenvalue weighted by atomic mass is 10.5. The zero-order chi connectivity index (χ0) is 10.3. The van der Waals surface area contributed by atoms with E-state index in [0.717, 1.165) is 15.0 Å². The lowest BCUT2D eigenvalue weighted by molar-refractivity contribution is 0.883. The van der Waals surface area contributed by atoms with Crippen LogP contribution in [-0.4, -0.2) is 24.4 Å². The Labute approximate surface area is 98.9 Å². The van der Waals surface area contributed by atoms with Gasteiger partial charge in [0, 0.05) is 18.6 Å². The minimum Gasteiger partial charge on any atom is -0.235 e. The maximum absolute atomic E-state index is 4.42. The van der Waals surface area contributed by atoms with Gasteiger partial charge in [-0.3, -0.25) is 0 Å². The van der Waals surface area contributed by atoms with Crippen molar-refractivity contribution in [2.75, 3.05) is 0 Å². The molecule has 0 aliphatic heterocycles. The van der Waals surface area contributed by atoms with Gasteiger partial charge in [-0.05, 0) is 34.7 Å². The van der Waals surface area contributed by atoms with E-state index >= 15 is 0 Å². The Hall–Kier alpha value is -1.44. The molecule has 0 atom stereocenters. The first-order valence-corrected chi connectivity index (χ1v) is 5.42. The topological polar surface area (TPSA) is 48.0 Å². The van der Waals surface area contributed by atoms with Crippen molar-refractivity contribution >= 4 is 28.2 Å². The normalized spacial score (nSPS) is 11.0. The van der Waals surface area contributed by atoms with Crippen LogP contribution in [0.3, 0.4) is 0 Å². The van der Waals surface area contributed by atoms with E-state index in [1.165, 1.54) is 0 Å². The molecule has 0 radical (unpaired) electrons. The molecule has 5 nitrogen and oxygen atoms in total. The minimum absolute atomic E-state index is 0.811. The van der Waals surface area contributed by atoms with Crippen molar-refractivity contribution in [2.45, 2.75) is 0 Å². The van der Waals surface area contributed by atoms with Gasteiger partial charge in [0.15, 0.2) is 5.65 Å². The summed E-state index contributed by atoms with van der Waals surface area (Å²) in [6.45, 7) is 0. The highest BCUT2D eigenvalue weighted by Crippen LogP contribution is 2.13. The Morgan fingerprint density at radius 2 is 2.13 bits per heavy atom. The maximum Gasteiger partial charge on any atom is 0.182 e. The van der Waals surface area contributed by atoms with Gasteiger partial charge in [-0.1, -0.05) is 0 Å². The summed E-state index contributed by atoms with van der Waals surface area (Å²) in [6.07, 6.45) is 7.25. The molecule has 0 spiro atoms. The molecule has 0 N–H and O–H groups in total. The summed E-state index contributed by atoms with van der Waals surface area (Å²) >= 11 is 2.18. The van der Waals surface area contributed by atoms with E-state index in [9.17, 15) is 0 Å². The Kier molecular flexibility index (Phi) is 1.94. The van der Waals surface area contributed by atoms with Gasteiger partial charge in [0.05, 0.1) is 6.20 Å². The smallest absolute Gasteiger partial charge is 0.182 e. The van der Waals surface area contributed by atoms with Crippen LogP contribution in [0.2, 0.25) is 0 Å². The largest absolute Gasteiger partial charge is 0.235 e. The number of rotatable bonds is 1. The molecule has 74 valence electrons. The van der Waals surface area contributed by atoms with E-state index in [0.29, 0.717) is 0 Å². The van der Waals surface area contributed by atoms with Gasteiger partial charge in [0.25, 0.3) is 0 Å². The zero-order valence-electron chi connectivity index (χ0n) is 7.58. The number of nitrogens with zero attached hydrogens (tertiary/aromatic N) is 5. The van der Waals surface area contributed by atoms with Gasteiger partial charge < -0.3 is 0 Å². The predicted molar refractivity (Wildman–Crippen MR) is 62.8 cm³/mol. The van der Waals surface area contributed by atoms with E-state index in [4.69, 9.17) is 0 Å². The second-order valence-electron chi connectivity index (χ2n) is 3.00. The van der Waals surface area contributed by atoms with Crippen molar-refractivity contribution in [2.24, 2.45) is 0 Å². The molecule has 3 heterocycles. The number of aromatic nitrogens is 5. The molecule has 0 fully saturated rings. The van der Waals surface area contributed by atoms with Crippen molar-refractivity contribution < 1.29 is 0 Å². The molecule has 0 unspecified atom stereocenters. The maximum atomic E-state index is 4.42. The van der Waals surface area contributed by atoms with Gasteiger partial charge in [0.2, 0.25) is 0 Å². The molecule has 0 aliphatic rings. The molecule has 0 saturated heterocycles. The van der Waals surface area contributed by atoms with Crippen molar-refractivity contribution in [3.05, 3.63) is 40.6 Å². The summed E-state index contributed by atoms with van der Waals surface area (Å²) < 4.78 is 4.43. The zero-order valence-corrected chi connectivity index (χ0v) is 9.74. The van der Waals surface area contributed by atoms with Gasteiger partial charge in [0.1, 0.15) is 9.39 Å². The molecule has 0 amide bonds. The second-order valence-corrected chi connectivity index (χ2v) is 4.10. The Morgan fingerprint density at radius 1 is 1.20 bits per heavy atom. The van der Waals surface area contributed by atoms with Crippen LogP contribution in [0.15, 0.2) is 36.9 Å². The summed E-state index contributed by atoms with van der Waals surface area (Å²) in [5.74, 6) is 0. The fourth-order valence-corrected chi connectivity index (χ4v) is 1.80. The van der Waals surface area contributed by atoms with E-state index in [2.05, 4.69) is 37.8 Å². The van der Waals surface area contributed by atoms with Crippen LogP contribution in [-0.2, 0) is 0 Å². The highest BCUT2D eigenvalue weighted by atomic mass is 127. The molecule has 0 aromatic carbocycles. The molecule has 3 aromatic heterocycles. The van der Waals surface area contributed by atoms with Gasteiger partial charge in [-0.25, -0.2) is 14.2 Å². The first-order valence-electron chi connectivity index (χ1n) is 4.34. The summed E-state index contributed by atoms with van der Waals surface area (Å²) in [5, 5.41) is 8.37. The Morgan fingerprint density at radius 3 is 2.93 bits per heavy atom. The third-order valence-corrected chi connectivity index (χ3v) is 2.67. The highest BCUT2D eigenvalue weighted by molar-refractivity contribution is 14.1. The summed E-state index contributed by atoms with van der Waals surface area (Å²) in [7, 11) is 0. The molecule has 0 saturated carbocycles. The first kappa shape index (κ1) is 8.84. The minimum atomic E-state index is 0.811. The number of hydrogen-bond acceptors (Lipinski definition) is 3. The molecular weight excluding hydrogens is 305 g/mol. The quantitative estimate of drug-likeness (QED) is 0.506. The van der Waals surface area contributed by atoms with E-state index < -0.39 is 0 Å². The van der Waals surface area contributed by atoms with Crippen LogP contribution in [0.1, 0.15) is 0 Å². The molecular formula is C9H6IN5. The number of fused-ring (bicyclic) bond motifs is 1. The third-order valence-electron chi connectivity index (χ3n) is 2.07. The Balaban J connectivity index is 2.32. The van der Waals surface area contributed by atoms with Crippen LogP contribution in [0.5, 0.6) is 0 Å². The van der Waals surface area contributed by atoms with E-state index in [-0.39, 0.29) is 0 Å². The Bertz CT molecular complexity index is 598. The standard InChI is InChI=1S/C9H6IN5/c10-8-2-5-15-9(13-8)7(6-12-15)14-4-1-3-11-14/h1-6H. The average Bonchev–Trinajstić information content (AvgIpc) is 2.83. The fraction of sp³-hybridized carbons (Fsp3) is 0. The van der Waals surface area contributed by atoms with Crippen LogP contribution < -0.4 is 0 Å². The lowest BCUT2D eigenvalue weighted by Gasteiger charge is -1.97. The SMILES string of the molecule is Ic1ccn2ncc(-n3cccn3)c2n1. The molecule has 3 aromatic rings. The molecule has 0 aliphatic carbocycles. The summed E-state index contributed by atoms with van der Waals surface area (Å²) in [4.78, 5) is 4.42. The van der Waals surface area contributed by atoms with Crippen molar-refractivity contribution in [3.63, 3.8) is 0 Å². The molecule has 6 heteroatoms. The van der Waals surface area contributed by atoms with Crippen molar-refractivity contribution in [1.29, 1.82) is 0 Å². The van der Waals surface area contributed by atoms with Crippen molar-refractivity contribution in [3.8, 4) is 5.69 Å². The van der Waals surface area contributed by atoms with Crippen LogP contribution >= 0.6 is 22.6 Å². The summed E-state index contributed by atoms with van der Waals surface area (Å²) in [6, 6.07) is 3.78. The average molecular weight is 311 g/mol. The van der Waals surface area contributed by atoms with Crippen LogP contribution in [0, 0.1) is 3.70 Å². The third kappa shape index (κ3) is 1.41. The fourth-order valence-electron chi connectivity index (χ4n) is 1.41. The lowest BCUT2D eigenvalue weighted by Crippen LogP contribution is -1.96. The first-order chi connectivity index (χ1) is 7.34. The van der Waals surface area contributed by atoms with E-state index in [1.54, 1.807) is 21.6 Å². The number of hydrogen-bond donors (Lipinski definition) is 0. The van der Waals surface area contributed by atoms with E-state index in [1.807, 2.05) is 24.5 Å². The number of halogens is 1. The summed E-state index contributed by atoms with van der Waals surface area (Å²) in [5.41, 5.74) is 1.70. The van der Waals surface area contributed by atoms with Crippen LogP contribution in [0.25, 0.3) is 11.3 Å². The predicted octanol–water partition coefficient (Wildman–Crippen LogP) is 1.52. The van der Waals surface area contributed by atoms with Crippen LogP contribution in [0.4, 0.5) is 0 Å². The molecule has 0 bridgehead atoms.